The van der Waals surface area contributed by atoms with E-state index in [1.807, 2.05) is 12.1 Å². The molecule has 0 unspecified atom stereocenters. The molecule has 0 N–H and O–H groups in total. The largest absolute Gasteiger partial charge is 0.497 e. The van der Waals surface area contributed by atoms with Crippen LogP contribution in [0.1, 0.15) is 21.5 Å². The number of fused-ring (bicyclic) bond motifs is 1. The summed E-state index contributed by atoms with van der Waals surface area (Å²) in [6.07, 6.45) is 0.683. The third kappa shape index (κ3) is 4.59. The van der Waals surface area contributed by atoms with Crippen LogP contribution in [0.5, 0.6) is 23.0 Å². The molecule has 2 aromatic carbocycles. The van der Waals surface area contributed by atoms with Crippen molar-refractivity contribution in [3.8, 4) is 23.0 Å². The molecule has 1 heterocycles. The van der Waals surface area contributed by atoms with E-state index < -0.39 is 5.97 Å². The van der Waals surface area contributed by atoms with E-state index in [1.54, 1.807) is 25.2 Å². The number of methoxy groups -OCH3 is 4. The second-order valence-corrected chi connectivity index (χ2v) is 6.72. The number of hydrogen-bond donors (Lipinski definition) is 0. The number of carbonyl (C=O) groups is 2. The molecule has 30 heavy (non-hydrogen) atoms. The summed E-state index contributed by atoms with van der Waals surface area (Å²) in [5.74, 6) is 1.32. The Morgan fingerprint density at radius 3 is 2.00 bits per heavy atom. The fourth-order valence-corrected chi connectivity index (χ4v) is 3.32. The average molecular weight is 415 g/mol. The summed E-state index contributed by atoms with van der Waals surface area (Å²) < 4.78 is 26.2. The van der Waals surface area contributed by atoms with Crippen LogP contribution in [0, 0.1) is 0 Å². The van der Waals surface area contributed by atoms with E-state index in [4.69, 9.17) is 23.7 Å². The van der Waals surface area contributed by atoms with E-state index in [2.05, 4.69) is 0 Å². The van der Waals surface area contributed by atoms with E-state index in [1.165, 1.54) is 26.4 Å². The highest BCUT2D eigenvalue weighted by molar-refractivity contribution is 5.92. The van der Waals surface area contributed by atoms with Gasteiger partial charge in [0.05, 0.1) is 34.0 Å². The lowest BCUT2D eigenvalue weighted by Crippen LogP contribution is -2.38. The summed E-state index contributed by atoms with van der Waals surface area (Å²) in [6, 6.07) is 8.53. The Bertz CT molecular complexity index is 919. The van der Waals surface area contributed by atoms with Crippen molar-refractivity contribution in [1.29, 1.82) is 0 Å². The molecule has 0 spiro atoms. The molecule has 0 aliphatic carbocycles. The fraction of sp³-hybridized carbons (Fsp3) is 0.364. The Hall–Kier alpha value is -3.42. The minimum atomic E-state index is -0.621. The fourth-order valence-electron chi connectivity index (χ4n) is 3.32. The van der Waals surface area contributed by atoms with Crippen molar-refractivity contribution in [2.45, 2.75) is 13.0 Å². The average Bonchev–Trinajstić information content (AvgIpc) is 2.80. The van der Waals surface area contributed by atoms with Crippen LogP contribution in [0.15, 0.2) is 30.3 Å². The number of nitrogens with zero attached hydrogens (tertiary/aromatic N) is 1. The Morgan fingerprint density at radius 1 is 0.833 bits per heavy atom. The lowest BCUT2D eigenvalue weighted by Gasteiger charge is -2.29. The maximum Gasteiger partial charge on any atom is 0.338 e. The third-order valence-corrected chi connectivity index (χ3v) is 4.98. The summed E-state index contributed by atoms with van der Waals surface area (Å²) in [7, 11) is 6.15. The van der Waals surface area contributed by atoms with Gasteiger partial charge in [0.2, 0.25) is 0 Å². The standard InChI is InChI=1S/C22H25NO7/c1-26-17-7-15(8-18(11-17)27-2)22(25)30-13-21(24)23-6-5-14-9-19(28-3)20(29-4)10-16(14)12-23/h7-11H,5-6,12-13H2,1-4H3. The highest BCUT2D eigenvalue weighted by Gasteiger charge is 2.24. The number of carbonyl (C=O) groups excluding carboxylic acids is 2. The van der Waals surface area contributed by atoms with Gasteiger partial charge in [0.1, 0.15) is 11.5 Å². The summed E-state index contributed by atoms with van der Waals surface area (Å²) in [6.45, 7) is 0.603. The highest BCUT2D eigenvalue weighted by atomic mass is 16.5. The van der Waals surface area contributed by atoms with Crippen molar-refractivity contribution in [3.63, 3.8) is 0 Å². The first kappa shape index (κ1) is 21.3. The van der Waals surface area contributed by atoms with E-state index in [9.17, 15) is 9.59 Å². The maximum absolute atomic E-state index is 12.6. The van der Waals surface area contributed by atoms with E-state index in [0.29, 0.717) is 42.5 Å². The molecule has 0 radical (unpaired) electrons. The maximum atomic E-state index is 12.6. The van der Waals surface area contributed by atoms with E-state index in [-0.39, 0.29) is 18.1 Å². The number of ether oxygens (including phenoxy) is 5. The minimum Gasteiger partial charge on any atom is -0.497 e. The summed E-state index contributed by atoms with van der Waals surface area (Å²) in [5.41, 5.74) is 2.34. The van der Waals surface area contributed by atoms with Gasteiger partial charge >= 0.3 is 5.97 Å². The first-order valence-electron chi connectivity index (χ1n) is 9.40. The SMILES string of the molecule is COc1cc(OC)cc(C(=O)OCC(=O)N2CCc3cc(OC)c(OC)cc3C2)c1. The van der Waals surface area contributed by atoms with Crippen molar-refractivity contribution in [3.05, 3.63) is 47.0 Å². The van der Waals surface area contributed by atoms with Crippen molar-refractivity contribution in [2.75, 3.05) is 41.6 Å². The number of hydrogen-bond acceptors (Lipinski definition) is 7. The molecule has 8 nitrogen and oxygen atoms in total. The van der Waals surface area contributed by atoms with Gasteiger partial charge in [-0.2, -0.15) is 0 Å². The molecule has 1 aliphatic heterocycles. The van der Waals surface area contributed by atoms with Gasteiger partial charge < -0.3 is 28.6 Å². The van der Waals surface area contributed by atoms with Gasteiger partial charge in [0.25, 0.3) is 5.91 Å². The van der Waals surface area contributed by atoms with Crippen LogP contribution < -0.4 is 18.9 Å². The monoisotopic (exact) mass is 415 g/mol. The van der Waals surface area contributed by atoms with Gasteiger partial charge in [0, 0.05) is 19.2 Å². The topological polar surface area (TPSA) is 83.5 Å². The minimum absolute atomic E-state index is 0.250. The predicted molar refractivity (Wildman–Crippen MR) is 108 cm³/mol. The summed E-state index contributed by atoms with van der Waals surface area (Å²) in [5, 5.41) is 0. The smallest absolute Gasteiger partial charge is 0.338 e. The molecule has 2 aromatic rings. The summed E-state index contributed by atoms with van der Waals surface area (Å²) in [4.78, 5) is 26.7. The van der Waals surface area contributed by atoms with Gasteiger partial charge in [-0.25, -0.2) is 4.79 Å². The molecule has 1 amide bonds. The molecule has 8 heteroatoms. The van der Waals surface area contributed by atoms with Crippen LogP contribution in [0.3, 0.4) is 0 Å². The van der Waals surface area contributed by atoms with Gasteiger partial charge in [0.15, 0.2) is 18.1 Å². The van der Waals surface area contributed by atoms with Crippen molar-refractivity contribution in [1.82, 2.24) is 4.90 Å². The van der Waals surface area contributed by atoms with E-state index in [0.717, 1.165) is 11.1 Å². The molecule has 0 saturated heterocycles. The molecule has 0 fully saturated rings. The van der Waals surface area contributed by atoms with Crippen LogP contribution >= 0.6 is 0 Å². The number of amides is 1. The predicted octanol–water partition coefficient (Wildman–Crippen LogP) is 2.46. The zero-order valence-electron chi connectivity index (χ0n) is 17.5. The number of rotatable bonds is 7. The molecule has 160 valence electrons. The second-order valence-electron chi connectivity index (χ2n) is 6.72. The highest BCUT2D eigenvalue weighted by Crippen LogP contribution is 2.33. The molecule has 0 atom stereocenters. The zero-order chi connectivity index (χ0) is 21.7. The third-order valence-electron chi connectivity index (χ3n) is 4.98. The van der Waals surface area contributed by atoms with Crippen LogP contribution in [0.4, 0.5) is 0 Å². The van der Waals surface area contributed by atoms with Crippen LogP contribution in [0.25, 0.3) is 0 Å². The Labute approximate surface area is 175 Å². The van der Waals surface area contributed by atoms with Gasteiger partial charge in [-0.05, 0) is 41.8 Å². The molecule has 3 rings (SSSR count). The van der Waals surface area contributed by atoms with Crippen molar-refractivity contribution in [2.24, 2.45) is 0 Å². The first-order chi connectivity index (χ1) is 14.5. The van der Waals surface area contributed by atoms with Crippen LogP contribution in [-0.4, -0.2) is 58.4 Å². The lowest BCUT2D eigenvalue weighted by molar-refractivity contribution is -0.135. The second kappa shape index (κ2) is 9.39. The summed E-state index contributed by atoms with van der Waals surface area (Å²) >= 11 is 0. The molecular formula is C22H25NO7. The molecular weight excluding hydrogens is 390 g/mol. The van der Waals surface area contributed by atoms with Gasteiger partial charge in [-0.3, -0.25) is 4.79 Å². The van der Waals surface area contributed by atoms with Gasteiger partial charge in [-0.1, -0.05) is 0 Å². The lowest BCUT2D eigenvalue weighted by atomic mass is 9.99. The van der Waals surface area contributed by atoms with E-state index >= 15 is 0 Å². The molecule has 0 aromatic heterocycles. The molecule has 1 aliphatic rings. The normalized spacial score (nSPS) is 12.6. The first-order valence-corrected chi connectivity index (χ1v) is 9.40. The van der Waals surface area contributed by atoms with Crippen molar-refractivity contribution < 1.29 is 33.3 Å². The Kier molecular flexibility index (Phi) is 6.66. The van der Waals surface area contributed by atoms with Crippen molar-refractivity contribution >= 4 is 11.9 Å². The molecule has 0 saturated carbocycles. The number of benzene rings is 2. The van der Waals surface area contributed by atoms with Crippen LogP contribution in [-0.2, 0) is 22.5 Å². The van der Waals surface area contributed by atoms with Gasteiger partial charge in [-0.15, -0.1) is 0 Å². The molecule has 0 bridgehead atoms. The Morgan fingerprint density at radius 2 is 1.43 bits per heavy atom. The van der Waals surface area contributed by atoms with Crippen LogP contribution in [0.2, 0.25) is 0 Å². The zero-order valence-corrected chi connectivity index (χ0v) is 17.5. The number of esters is 1. The Balaban J connectivity index is 1.64. The quantitative estimate of drug-likeness (QED) is 0.643.